The quantitative estimate of drug-likeness (QED) is 0.247. The Hall–Kier alpha value is -2.11. The lowest BCUT2D eigenvalue weighted by atomic mass is 9.71. The van der Waals surface area contributed by atoms with Gasteiger partial charge in [0.05, 0.1) is 10.2 Å². The largest absolute Gasteiger partial charge is 0.462 e. The summed E-state index contributed by atoms with van der Waals surface area (Å²) in [5.41, 5.74) is 4.92. The Morgan fingerprint density at radius 2 is 2.10 bits per heavy atom. The predicted molar refractivity (Wildman–Crippen MR) is 134 cm³/mol. The number of benzene rings is 1. The minimum Gasteiger partial charge on any atom is -0.462 e. The van der Waals surface area contributed by atoms with Gasteiger partial charge in [0.15, 0.2) is 4.34 Å². The van der Waals surface area contributed by atoms with Gasteiger partial charge in [-0.15, -0.1) is 11.3 Å². The number of thiazole rings is 1. The van der Waals surface area contributed by atoms with Crippen LogP contribution in [0.3, 0.4) is 0 Å². The number of thioether (sulfide) groups is 1. The molecular formula is C26H31NO2S2. The number of fused-ring (bicyclic) bond motifs is 1. The number of carbonyl (C=O) groups excluding carboxylic acids is 1. The van der Waals surface area contributed by atoms with E-state index in [1.807, 2.05) is 6.07 Å². The van der Waals surface area contributed by atoms with Gasteiger partial charge in [-0.2, -0.15) is 0 Å². The van der Waals surface area contributed by atoms with E-state index >= 15 is 0 Å². The van der Waals surface area contributed by atoms with E-state index in [9.17, 15) is 4.79 Å². The van der Waals surface area contributed by atoms with Gasteiger partial charge in [0.25, 0.3) is 0 Å². The van der Waals surface area contributed by atoms with E-state index in [0.29, 0.717) is 0 Å². The number of allylic oxidation sites excluding steroid dienone is 6. The molecule has 0 radical (unpaired) electrons. The Bertz CT molecular complexity index is 1020. The molecule has 1 aliphatic rings. The summed E-state index contributed by atoms with van der Waals surface area (Å²) in [4.78, 5) is 16.0. The van der Waals surface area contributed by atoms with Crippen molar-refractivity contribution in [2.45, 2.75) is 57.9 Å². The number of ether oxygens (including phenoxy) is 1. The molecule has 3 nitrogen and oxygen atoms in total. The molecule has 5 heteroatoms. The topological polar surface area (TPSA) is 39.2 Å². The first kappa shape index (κ1) is 23.6. The third kappa shape index (κ3) is 6.68. The molecule has 31 heavy (non-hydrogen) atoms. The average molecular weight is 454 g/mol. The van der Waals surface area contributed by atoms with Crippen molar-refractivity contribution in [1.82, 2.24) is 4.98 Å². The summed E-state index contributed by atoms with van der Waals surface area (Å²) in [6.07, 6.45) is 12.5. The molecule has 0 spiro atoms. The van der Waals surface area contributed by atoms with Crippen LogP contribution in [0.15, 0.2) is 75.7 Å². The summed E-state index contributed by atoms with van der Waals surface area (Å²) >= 11 is 3.52. The van der Waals surface area contributed by atoms with E-state index in [-0.39, 0.29) is 17.5 Å². The van der Waals surface area contributed by atoms with Crippen LogP contribution < -0.4 is 0 Å². The Balaban J connectivity index is 1.55. The van der Waals surface area contributed by atoms with Crippen LogP contribution in [-0.2, 0) is 9.53 Å². The van der Waals surface area contributed by atoms with Crippen LogP contribution >= 0.6 is 23.1 Å². The fourth-order valence-corrected chi connectivity index (χ4v) is 5.96. The summed E-state index contributed by atoms with van der Waals surface area (Å²) in [5, 5.41) is 0. The molecule has 0 fully saturated rings. The number of para-hydroxylation sites is 1. The highest BCUT2D eigenvalue weighted by atomic mass is 32.2. The molecule has 2 aromatic rings. The SMILES string of the molecule is CC(=O)O[C@@H]1CC(C)=C(/C=C/C(C)=C/C=C/CSc2nc3ccccc3s2)C(C)(C)C1. The molecule has 0 amide bonds. The molecule has 3 rings (SSSR count). The molecule has 0 unspecified atom stereocenters. The van der Waals surface area contributed by atoms with Gasteiger partial charge in [-0.1, -0.05) is 79.3 Å². The third-order valence-corrected chi connectivity index (χ3v) is 7.51. The minimum absolute atomic E-state index is 0.0110. The zero-order valence-corrected chi connectivity index (χ0v) is 20.6. The van der Waals surface area contributed by atoms with Crippen molar-refractivity contribution in [1.29, 1.82) is 0 Å². The number of carbonyl (C=O) groups is 1. The van der Waals surface area contributed by atoms with Gasteiger partial charge in [-0.3, -0.25) is 4.79 Å². The van der Waals surface area contributed by atoms with Crippen molar-refractivity contribution >= 4 is 39.3 Å². The van der Waals surface area contributed by atoms with Gasteiger partial charge in [0, 0.05) is 19.1 Å². The van der Waals surface area contributed by atoms with E-state index in [4.69, 9.17) is 4.74 Å². The van der Waals surface area contributed by atoms with Gasteiger partial charge in [0.2, 0.25) is 0 Å². The van der Waals surface area contributed by atoms with Crippen LogP contribution in [0, 0.1) is 5.41 Å². The summed E-state index contributed by atoms with van der Waals surface area (Å²) in [6.45, 7) is 10.2. The lowest BCUT2D eigenvalue weighted by Gasteiger charge is -2.37. The highest BCUT2D eigenvalue weighted by Gasteiger charge is 2.33. The smallest absolute Gasteiger partial charge is 0.302 e. The van der Waals surface area contributed by atoms with E-state index in [2.05, 4.69) is 81.3 Å². The second-order valence-corrected chi connectivity index (χ2v) is 10.9. The maximum atomic E-state index is 11.3. The molecule has 164 valence electrons. The van der Waals surface area contributed by atoms with E-state index in [1.54, 1.807) is 23.1 Å². The summed E-state index contributed by atoms with van der Waals surface area (Å²) < 4.78 is 7.82. The molecule has 1 aromatic heterocycles. The number of esters is 1. The molecule has 1 heterocycles. The minimum atomic E-state index is -0.195. The monoisotopic (exact) mass is 453 g/mol. The Labute approximate surface area is 194 Å². The lowest BCUT2D eigenvalue weighted by Crippen LogP contribution is -2.31. The van der Waals surface area contributed by atoms with E-state index in [1.165, 1.54) is 28.3 Å². The number of rotatable bonds is 7. The second-order valence-electron chi connectivity index (χ2n) is 8.65. The molecule has 0 saturated carbocycles. The van der Waals surface area contributed by atoms with Gasteiger partial charge in [0.1, 0.15) is 6.10 Å². The predicted octanol–water partition coefficient (Wildman–Crippen LogP) is 7.52. The molecule has 0 bridgehead atoms. The third-order valence-electron chi connectivity index (χ3n) is 5.38. The van der Waals surface area contributed by atoms with Gasteiger partial charge in [-0.25, -0.2) is 4.98 Å². The van der Waals surface area contributed by atoms with E-state index in [0.717, 1.165) is 28.5 Å². The second kappa shape index (κ2) is 10.5. The fraction of sp³-hybridized carbons (Fsp3) is 0.385. The lowest BCUT2D eigenvalue weighted by molar-refractivity contribution is -0.147. The van der Waals surface area contributed by atoms with Gasteiger partial charge >= 0.3 is 5.97 Å². The first-order valence-electron chi connectivity index (χ1n) is 10.6. The number of hydrogen-bond donors (Lipinski definition) is 0. The zero-order chi connectivity index (χ0) is 22.4. The first-order valence-corrected chi connectivity index (χ1v) is 12.4. The summed E-state index contributed by atoms with van der Waals surface area (Å²) in [6, 6.07) is 8.26. The van der Waals surface area contributed by atoms with Crippen molar-refractivity contribution in [2.75, 3.05) is 5.75 Å². The van der Waals surface area contributed by atoms with Crippen LogP contribution in [-0.4, -0.2) is 22.8 Å². The Morgan fingerprint density at radius 1 is 1.32 bits per heavy atom. The summed E-state index contributed by atoms with van der Waals surface area (Å²) in [5.74, 6) is 0.710. The number of aromatic nitrogens is 1. The fourth-order valence-electron chi connectivity index (χ4n) is 4.04. The standard InChI is InChI=1S/C26H31NO2S2/c1-18(10-8-9-15-30-25-27-23-11-6-7-12-24(23)31-25)13-14-22-19(2)16-21(29-20(3)28)17-26(22,4)5/h6-14,21H,15-17H2,1-5H3/b9-8+,14-13+,18-10+/t21-/m1/s1. The normalized spacial score (nSPS) is 19.6. The molecule has 1 aromatic carbocycles. The molecular weight excluding hydrogens is 422 g/mol. The molecule has 1 atom stereocenters. The van der Waals surface area contributed by atoms with Crippen LogP contribution in [0.2, 0.25) is 0 Å². The van der Waals surface area contributed by atoms with Crippen LogP contribution in [0.25, 0.3) is 10.2 Å². The van der Waals surface area contributed by atoms with Crippen molar-refractivity contribution in [3.63, 3.8) is 0 Å². The molecule has 0 saturated heterocycles. The van der Waals surface area contributed by atoms with Crippen molar-refractivity contribution in [2.24, 2.45) is 5.41 Å². The molecule has 0 N–H and O–H groups in total. The van der Waals surface area contributed by atoms with Crippen LogP contribution in [0.4, 0.5) is 0 Å². The number of hydrogen-bond acceptors (Lipinski definition) is 5. The maximum Gasteiger partial charge on any atom is 0.302 e. The van der Waals surface area contributed by atoms with Gasteiger partial charge < -0.3 is 4.74 Å². The van der Waals surface area contributed by atoms with Crippen molar-refractivity contribution in [3.8, 4) is 0 Å². The highest BCUT2D eigenvalue weighted by Crippen LogP contribution is 2.42. The maximum absolute atomic E-state index is 11.3. The van der Waals surface area contributed by atoms with Crippen LogP contribution in [0.1, 0.15) is 47.5 Å². The zero-order valence-electron chi connectivity index (χ0n) is 19.0. The van der Waals surface area contributed by atoms with Crippen molar-refractivity contribution < 1.29 is 9.53 Å². The van der Waals surface area contributed by atoms with E-state index < -0.39 is 0 Å². The summed E-state index contributed by atoms with van der Waals surface area (Å²) in [7, 11) is 0. The number of nitrogens with zero attached hydrogens (tertiary/aromatic N) is 1. The Kier molecular flexibility index (Phi) is 7.95. The Morgan fingerprint density at radius 3 is 2.81 bits per heavy atom. The first-order chi connectivity index (χ1) is 14.7. The average Bonchev–Trinajstić information content (AvgIpc) is 3.08. The molecule has 0 aliphatic heterocycles. The highest BCUT2D eigenvalue weighted by molar-refractivity contribution is 8.01. The van der Waals surface area contributed by atoms with Crippen LogP contribution in [0.5, 0.6) is 0 Å². The van der Waals surface area contributed by atoms with Crippen molar-refractivity contribution in [3.05, 3.63) is 71.4 Å². The van der Waals surface area contributed by atoms with Gasteiger partial charge in [-0.05, 0) is 43.4 Å². The molecule has 1 aliphatic carbocycles.